The van der Waals surface area contributed by atoms with E-state index in [0.29, 0.717) is 0 Å². The highest BCUT2D eigenvalue weighted by atomic mass is 15.4. The van der Waals surface area contributed by atoms with Gasteiger partial charge in [0.15, 0.2) is 0 Å². The zero-order valence-corrected chi connectivity index (χ0v) is 6.33. The summed E-state index contributed by atoms with van der Waals surface area (Å²) in [6.07, 6.45) is 1.93. The minimum absolute atomic E-state index is 1.01. The van der Waals surface area contributed by atoms with E-state index in [4.69, 9.17) is 0 Å². The topological polar surface area (TPSA) is 37.0 Å². The van der Waals surface area contributed by atoms with Gasteiger partial charge in [-0.25, -0.2) is 4.98 Å². The van der Waals surface area contributed by atoms with Crippen molar-refractivity contribution >= 4 is 22.9 Å². The standard InChI is InChI=1S/C9H7N3/c1-2-6-4-9-7(5-10-12-9)8(3-1)11-6/h1-5,10,12H. The molecule has 2 aromatic heterocycles. The van der Waals surface area contributed by atoms with Gasteiger partial charge in [-0.2, -0.15) is 0 Å². The van der Waals surface area contributed by atoms with Gasteiger partial charge in [-0.05, 0) is 18.2 Å². The number of nitrogens with zero attached hydrogens (tertiary/aromatic N) is 1. The van der Waals surface area contributed by atoms with Gasteiger partial charge in [-0.1, -0.05) is 6.07 Å². The predicted octanol–water partition coefficient (Wildman–Crippen LogP) is 0.622. The van der Waals surface area contributed by atoms with Crippen molar-refractivity contribution in [1.29, 1.82) is 0 Å². The average Bonchev–Trinajstić information content (AvgIpc) is 2.53. The summed E-state index contributed by atoms with van der Waals surface area (Å²) < 4.78 is 0. The quantitative estimate of drug-likeness (QED) is 0.588. The highest BCUT2D eigenvalue weighted by Gasteiger charge is 2.04. The van der Waals surface area contributed by atoms with E-state index in [9.17, 15) is 0 Å². The number of rotatable bonds is 0. The van der Waals surface area contributed by atoms with Crippen molar-refractivity contribution in [2.24, 2.45) is 0 Å². The van der Waals surface area contributed by atoms with Crippen LogP contribution in [0.2, 0.25) is 0 Å². The van der Waals surface area contributed by atoms with Crippen molar-refractivity contribution in [3.63, 3.8) is 0 Å². The van der Waals surface area contributed by atoms with Gasteiger partial charge in [0.2, 0.25) is 0 Å². The molecule has 0 saturated heterocycles. The first kappa shape index (κ1) is 5.83. The second kappa shape index (κ2) is 1.88. The molecule has 0 aromatic carbocycles. The van der Waals surface area contributed by atoms with Gasteiger partial charge >= 0.3 is 0 Å². The molecule has 0 radical (unpaired) electrons. The summed E-state index contributed by atoms with van der Waals surface area (Å²) in [7, 11) is 0. The SMILES string of the molecule is C1=c2c(cc3cccc2n3)NN1. The van der Waals surface area contributed by atoms with Crippen LogP contribution in [-0.2, 0) is 0 Å². The van der Waals surface area contributed by atoms with Crippen LogP contribution >= 0.6 is 0 Å². The number of aromatic nitrogens is 1. The van der Waals surface area contributed by atoms with Crippen LogP contribution in [0.3, 0.4) is 0 Å². The molecule has 0 spiro atoms. The van der Waals surface area contributed by atoms with Crippen LogP contribution in [0, 0.1) is 0 Å². The summed E-state index contributed by atoms with van der Waals surface area (Å²) in [5.41, 5.74) is 9.15. The lowest BCUT2D eigenvalue weighted by Crippen LogP contribution is -2.08. The molecule has 0 aliphatic carbocycles. The molecule has 2 aromatic rings. The van der Waals surface area contributed by atoms with Crippen LogP contribution in [-0.4, -0.2) is 4.98 Å². The van der Waals surface area contributed by atoms with E-state index in [2.05, 4.69) is 15.8 Å². The van der Waals surface area contributed by atoms with E-state index in [1.807, 2.05) is 30.5 Å². The normalized spacial score (nSPS) is 13.3. The van der Waals surface area contributed by atoms with Crippen LogP contribution in [0.1, 0.15) is 0 Å². The maximum Gasteiger partial charge on any atom is 0.0746 e. The molecule has 0 fully saturated rings. The van der Waals surface area contributed by atoms with Crippen molar-refractivity contribution in [2.45, 2.75) is 0 Å². The van der Waals surface area contributed by atoms with Gasteiger partial charge in [0.25, 0.3) is 0 Å². The first-order chi connectivity index (χ1) is 5.93. The highest BCUT2D eigenvalue weighted by molar-refractivity contribution is 5.73. The Hall–Kier alpha value is -1.77. The number of hydrogen-bond acceptors (Lipinski definition) is 3. The summed E-state index contributed by atoms with van der Waals surface area (Å²) in [4.78, 5) is 4.40. The van der Waals surface area contributed by atoms with Crippen LogP contribution in [0.15, 0.2) is 24.3 Å². The third-order valence-corrected chi connectivity index (χ3v) is 2.05. The molecule has 1 aliphatic heterocycles. The summed E-state index contributed by atoms with van der Waals surface area (Å²) in [6, 6.07) is 8.05. The third kappa shape index (κ3) is 0.625. The second-order valence-electron chi connectivity index (χ2n) is 2.83. The number of anilines is 1. The number of nitrogens with one attached hydrogen (secondary N) is 2. The zero-order valence-electron chi connectivity index (χ0n) is 6.33. The lowest BCUT2D eigenvalue weighted by molar-refractivity contribution is 1.16. The Morgan fingerprint density at radius 1 is 1.25 bits per heavy atom. The van der Waals surface area contributed by atoms with Crippen LogP contribution in [0.4, 0.5) is 5.69 Å². The lowest BCUT2D eigenvalue weighted by atomic mass is 10.2. The predicted molar refractivity (Wildman–Crippen MR) is 48.2 cm³/mol. The van der Waals surface area contributed by atoms with Gasteiger partial charge in [0, 0.05) is 11.4 Å². The van der Waals surface area contributed by atoms with E-state index in [-0.39, 0.29) is 0 Å². The molecule has 3 heteroatoms. The van der Waals surface area contributed by atoms with E-state index in [0.717, 1.165) is 21.9 Å². The van der Waals surface area contributed by atoms with Crippen LogP contribution in [0.25, 0.3) is 17.2 Å². The Labute approximate surface area is 69.1 Å². The number of pyridine rings is 2. The van der Waals surface area contributed by atoms with Gasteiger partial charge in [0.1, 0.15) is 0 Å². The minimum Gasteiger partial charge on any atom is -0.307 e. The molecule has 3 nitrogen and oxygen atoms in total. The number of hydrazine groups is 1. The zero-order chi connectivity index (χ0) is 7.97. The molecule has 3 heterocycles. The maximum absolute atomic E-state index is 4.40. The Morgan fingerprint density at radius 3 is 3.25 bits per heavy atom. The van der Waals surface area contributed by atoms with Crippen molar-refractivity contribution < 1.29 is 0 Å². The van der Waals surface area contributed by atoms with Crippen molar-refractivity contribution in [3.8, 4) is 0 Å². The number of fused-ring (bicyclic) bond motifs is 4. The third-order valence-electron chi connectivity index (χ3n) is 2.05. The fraction of sp³-hybridized carbons (Fsp3) is 0. The molecule has 3 rings (SSSR count). The summed E-state index contributed by atoms with van der Waals surface area (Å²) in [5, 5.41) is 1.14. The van der Waals surface area contributed by atoms with E-state index in [1.165, 1.54) is 0 Å². The smallest absolute Gasteiger partial charge is 0.0746 e. The molecular formula is C9H7N3. The lowest BCUT2D eigenvalue weighted by Gasteiger charge is -1.99. The second-order valence-corrected chi connectivity index (χ2v) is 2.83. The molecule has 58 valence electrons. The van der Waals surface area contributed by atoms with E-state index < -0.39 is 0 Å². The molecule has 2 bridgehead atoms. The highest BCUT2D eigenvalue weighted by Crippen LogP contribution is 2.10. The largest absolute Gasteiger partial charge is 0.307 e. The molecule has 12 heavy (non-hydrogen) atoms. The van der Waals surface area contributed by atoms with Gasteiger partial charge in [-0.15, -0.1) is 0 Å². The Bertz CT molecular complexity index is 490. The minimum atomic E-state index is 1.01. The van der Waals surface area contributed by atoms with Crippen molar-refractivity contribution in [2.75, 3.05) is 5.43 Å². The molecule has 0 saturated carbocycles. The fourth-order valence-electron chi connectivity index (χ4n) is 1.49. The molecule has 1 aliphatic rings. The van der Waals surface area contributed by atoms with E-state index >= 15 is 0 Å². The molecule has 0 unspecified atom stereocenters. The summed E-state index contributed by atoms with van der Waals surface area (Å²) in [5.74, 6) is 0. The van der Waals surface area contributed by atoms with Crippen molar-refractivity contribution in [3.05, 3.63) is 29.5 Å². The monoisotopic (exact) mass is 157 g/mol. The average molecular weight is 157 g/mol. The maximum atomic E-state index is 4.40. The van der Waals surface area contributed by atoms with E-state index in [1.54, 1.807) is 0 Å². The van der Waals surface area contributed by atoms with Gasteiger partial charge in [0.05, 0.1) is 16.7 Å². The Balaban J connectivity index is 2.59. The summed E-state index contributed by atoms with van der Waals surface area (Å²) >= 11 is 0. The van der Waals surface area contributed by atoms with Gasteiger partial charge < -0.3 is 10.9 Å². The van der Waals surface area contributed by atoms with Crippen LogP contribution < -0.4 is 16.1 Å². The Morgan fingerprint density at radius 2 is 2.25 bits per heavy atom. The summed E-state index contributed by atoms with van der Waals surface area (Å²) in [6.45, 7) is 0. The first-order valence-electron chi connectivity index (χ1n) is 3.85. The van der Waals surface area contributed by atoms with Crippen LogP contribution in [0.5, 0.6) is 0 Å². The molecule has 0 atom stereocenters. The Kier molecular flexibility index (Phi) is 0.913. The van der Waals surface area contributed by atoms with Gasteiger partial charge in [-0.3, -0.25) is 0 Å². The van der Waals surface area contributed by atoms with Crippen molar-refractivity contribution in [1.82, 2.24) is 10.4 Å². The fourth-order valence-corrected chi connectivity index (χ4v) is 1.49. The number of hydrogen-bond donors (Lipinski definition) is 2. The molecular weight excluding hydrogens is 150 g/mol. The molecule has 2 N–H and O–H groups in total. The first-order valence-corrected chi connectivity index (χ1v) is 3.85. The molecule has 0 amide bonds.